The fourth-order valence-electron chi connectivity index (χ4n) is 2.93. The number of sulfone groups is 1. The number of likely N-dealkylation sites (N-methyl/N-ethyl adjacent to an activating group) is 1. The van der Waals surface area contributed by atoms with E-state index in [2.05, 4.69) is 0 Å². The number of carbonyl (C=O) groups excluding carboxylic acids is 2. The van der Waals surface area contributed by atoms with E-state index < -0.39 is 27.8 Å². The number of rotatable bonds is 6. The molecule has 1 saturated heterocycles. The van der Waals surface area contributed by atoms with Gasteiger partial charge in [0.05, 0.1) is 11.5 Å². The first-order valence-corrected chi connectivity index (χ1v) is 10.3. The fraction of sp³-hybridized carbons (Fsp3) is 0.556. The number of hydrogen-bond donors (Lipinski definition) is 0. The second-order valence-electron chi connectivity index (χ2n) is 6.70. The number of amides is 1. The van der Waals surface area contributed by atoms with E-state index >= 15 is 0 Å². The Hall–Kier alpha value is -2.09. The Labute approximate surface area is 154 Å². The first-order valence-electron chi connectivity index (χ1n) is 8.45. The average Bonchev–Trinajstić information content (AvgIpc) is 2.92. The van der Waals surface area contributed by atoms with E-state index in [0.717, 1.165) is 11.1 Å². The maximum atomic E-state index is 12.4. The Kier molecular flexibility index (Phi) is 6.28. The summed E-state index contributed by atoms with van der Waals surface area (Å²) in [5.41, 5.74) is 2.00. The van der Waals surface area contributed by atoms with Gasteiger partial charge in [0.2, 0.25) is 0 Å². The third kappa shape index (κ3) is 5.20. The summed E-state index contributed by atoms with van der Waals surface area (Å²) in [4.78, 5) is 25.7. The Balaban J connectivity index is 1.85. The van der Waals surface area contributed by atoms with Crippen molar-refractivity contribution in [3.63, 3.8) is 0 Å². The molecule has 0 unspecified atom stereocenters. The molecule has 0 bridgehead atoms. The minimum absolute atomic E-state index is 0.0499. The molecule has 0 aromatic heterocycles. The highest BCUT2D eigenvalue weighted by Gasteiger charge is 2.34. The molecular formula is C18H25NO6S. The zero-order valence-corrected chi connectivity index (χ0v) is 16.3. The minimum Gasteiger partial charge on any atom is -0.482 e. The van der Waals surface area contributed by atoms with E-state index in [1.165, 1.54) is 18.9 Å². The second kappa shape index (κ2) is 8.07. The van der Waals surface area contributed by atoms with Crippen molar-refractivity contribution in [2.24, 2.45) is 0 Å². The van der Waals surface area contributed by atoms with Gasteiger partial charge in [-0.1, -0.05) is 17.7 Å². The van der Waals surface area contributed by atoms with Crippen LogP contribution < -0.4 is 4.74 Å². The lowest BCUT2D eigenvalue weighted by atomic mass is 10.1. The Morgan fingerprint density at radius 3 is 2.58 bits per heavy atom. The number of nitrogens with zero attached hydrogens (tertiary/aromatic N) is 1. The topological polar surface area (TPSA) is 90.0 Å². The zero-order valence-electron chi connectivity index (χ0n) is 15.5. The number of aryl methyl sites for hydroxylation is 2. The van der Waals surface area contributed by atoms with Gasteiger partial charge in [-0.15, -0.1) is 0 Å². The van der Waals surface area contributed by atoms with Crippen LogP contribution in [0.5, 0.6) is 5.75 Å². The van der Waals surface area contributed by atoms with Crippen molar-refractivity contribution in [1.29, 1.82) is 0 Å². The highest BCUT2D eigenvalue weighted by molar-refractivity contribution is 7.91. The summed E-state index contributed by atoms with van der Waals surface area (Å²) < 4.78 is 33.7. The third-order valence-corrected chi connectivity index (χ3v) is 6.19. The number of ether oxygens (including phenoxy) is 2. The Bertz CT molecular complexity index is 789. The van der Waals surface area contributed by atoms with Crippen LogP contribution >= 0.6 is 0 Å². The second-order valence-corrected chi connectivity index (χ2v) is 8.92. The first kappa shape index (κ1) is 20.2. The number of carbonyl (C=O) groups is 2. The summed E-state index contributed by atoms with van der Waals surface area (Å²) in [7, 11) is -1.56. The summed E-state index contributed by atoms with van der Waals surface area (Å²) in [6, 6.07) is 5.22. The third-order valence-electron chi connectivity index (χ3n) is 4.44. The molecule has 1 aliphatic heterocycles. The van der Waals surface area contributed by atoms with Crippen LogP contribution in [0.3, 0.4) is 0 Å². The van der Waals surface area contributed by atoms with E-state index in [1.807, 2.05) is 26.0 Å². The van der Waals surface area contributed by atoms with Crippen LogP contribution in [0.15, 0.2) is 18.2 Å². The summed E-state index contributed by atoms with van der Waals surface area (Å²) >= 11 is 0. The normalized spacial score (nSPS) is 19.6. The van der Waals surface area contributed by atoms with Gasteiger partial charge in [-0.05, 0) is 38.8 Å². The van der Waals surface area contributed by atoms with Gasteiger partial charge in [0.1, 0.15) is 5.75 Å². The molecule has 26 heavy (non-hydrogen) atoms. The molecule has 2 rings (SSSR count). The number of hydrogen-bond acceptors (Lipinski definition) is 6. The molecule has 1 aromatic carbocycles. The van der Waals surface area contributed by atoms with Crippen molar-refractivity contribution >= 4 is 21.7 Å². The summed E-state index contributed by atoms with van der Waals surface area (Å²) in [6.45, 7) is 5.01. The molecule has 1 aliphatic rings. The first-order chi connectivity index (χ1) is 12.1. The van der Waals surface area contributed by atoms with Crippen molar-refractivity contribution in [2.75, 3.05) is 25.2 Å². The molecule has 1 amide bonds. The predicted octanol–water partition coefficient (Wildman–Crippen LogP) is 1.26. The molecule has 8 heteroatoms. The van der Waals surface area contributed by atoms with Gasteiger partial charge in [0.15, 0.2) is 22.5 Å². The van der Waals surface area contributed by atoms with Gasteiger partial charge in [-0.2, -0.15) is 0 Å². The zero-order chi connectivity index (χ0) is 19.5. The van der Waals surface area contributed by atoms with Gasteiger partial charge >= 0.3 is 5.97 Å². The molecule has 0 spiro atoms. The van der Waals surface area contributed by atoms with E-state index in [1.54, 1.807) is 6.07 Å². The SMILES string of the molecule is Cc1ccc(OCC(=O)O[C@@H](C)C(=O)N(C)[C@H]2CCS(=O)(=O)C2)c(C)c1. The molecular weight excluding hydrogens is 358 g/mol. The summed E-state index contributed by atoms with van der Waals surface area (Å²) in [5.74, 6) is -0.469. The van der Waals surface area contributed by atoms with E-state index in [9.17, 15) is 18.0 Å². The Morgan fingerprint density at radius 2 is 2.00 bits per heavy atom. The molecule has 0 N–H and O–H groups in total. The van der Waals surface area contributed by atoms with Crippen LogP contribution in [-0.4, -0.2) is 62.5 Å². The number of esters is 1. The van der Waals surface area contributed by atoms with Crippen molar-refractivity contribution in [1.82, 2.24) is 4.90 Å². The van der Waals surface area contributed by atoms with Crippen LogP contribution in [0.2, 0.25) is 0 Å². The standard InChI is InChI=1S/C18H25NO6S/c1-12-5-6-16(13(2)9-12)24-10-17(20)25-14(3)18(21)19(4)15-7-8-26(22,23)11-15/h5-6,9,14-15H,7-8,10-11H2,1-4H3/t14-,15-/m0/s1. The molecule has 7 nitrogen and oxygen atoms in total. The average molecular weight is 383 g/mol. The smallest absolute Gasteiger partial charge is 0.344 e. The summed E-state index contributed by atoms with van der Waals surface area (Å²) in [5, 5.41) is 0. The highest BCUT2D eigenvalue weighted by atomic mass is 32.2. The lowest BCUT2D eigenvalue weighted by Gasteiger charge is -2.26. The maximum absolute atomic E-state index is 12.4. The molecule has 0 aliphatic carbocycles. The fourth-order valence-corrected chi connectivity index (χ4v) is 4.70. The van der Waals surface area contributed by atoms with E-state index in [4.69, 9.17) is 9.47 Å². The molecule has 0 saturated carbocycles. The molecule has 144 valence electrons. The van der Waals surface area contributed by atoms with Crippen molar-refractivity contribution in [3.8, 4) is 5.75 Å². The lowest BCUT2D eigenvalue weighted by Crippen LogP contribution is -2.44. The van der Waals surface area contributed by atoms with E-state index in [0.29, 0.717) is 12.2 Å². The van der Waals surface area contributed by atoms with Crippen LogP contribution in [0, 0.1) is 13.8 Å². The van der Waals surface area contributed by atoms with Gasteiger partial charge in [0, 0.05) is 13.1 Å². The quantitative estimate of drug-likeness (QED) is 0.687. The van der Waals surface area contributed by atoms with Gasteiger partial charge in [-0.25, -0.2) is 13.2 Å². The minimum atomic E-state index is -3.09. The number of benzene rings is 1. The van der Waals surface area contributed by atoms with Crippen LogP contribution in [-0.2, 0) is 24.2 Å². The highest BCUT2D eigenvalue weighted by Crippen LogP contribution is 2.19. The molecule has 0 radical (unpaired) electrons. The van der Waals surface area contributed by atoms with Crippen LogP contribution in [0.1, 0.15) is 24.5 Å². The largest absolute Gasteiger partial charge is 0.482 e. The van der Waals surface area contributed by atoms with Crippen molar-refractivity contribution in [2.45, 2.75) is 39.3 Å². The molecule has 1 fully saturated rings. The van der Waals surface area contributed by atoms with Gasteiger partial charge < -0.3 is 14.4 Å². The Morgan fingerprint density at radius 1 is 1.31 bits per heavy atom. The molecule has 1 aromatic rings. The maximum Gasteiger partial charge on any atom is 0.344 e. The summed E-state index contributed by atoms with van der Waals surface area (Å²) in [6.07, 6.45) is -0.598. The predicted molar refractivity (Wildman–Crippen MR) is 96.8 cm³/mol. The lowest BCUT2D eigenvalue weighted by molar-refractivity contribution is -0.160. The van der Waals surface area contributed by atoms with E-state index in [-0.39, 0.29) is 24.2 Å². The van der Waals surface area contributed by atoms with Gasteiger partial charge in [0.25, 0.3) is 5.91 Å². The molecule has 2 atom stereocenters. The van der Waals surface area contributed by atoms with Crippen LogP contribution in [0.25, 0.3) is 0 Å². The molecule has 1 heterocycles. The van der Waals surface area contributed by atoms with Gasteiger partial charge in [-0.3, -0.25) is 4.79 Å². The monoisotopic (exact) mass is 383 g/mol. The van der Waals surface area contributed by atoms with Crippen molar-refractivity contribution in [3.05, 3.63) is 29.3 Å². The van der Waals surface area contributed by atoms with Crippen molar-refractivity contribution < 1.29 is 27.5 Å². The van der Waals surface area contributed by atoms with Crippen LogP contribution in [0.4, 0.5) is 0 Å².